The predicted molar refractivity (Wildman–Crippen MR) is 32.9 cm³/mol. The zero-order valence-electron chi connectivity index (χ0n) is 4.77. The molecule has 0 unspecified atom stereocenters. The summed E-state index contributed by atoms with van der Waals surface area (Å²) < 4.78 is 24.5. The van der Waals surface area contributed by atoms with E-state index in [0.717, 1.165) is 0 Å². The quantitative estimate of drug-likeness (QED) is 0.509. The Morgan fingerprint density at radius 3 is 2.33 bits per heavy atom. The van der Waals surface area contributed by atoms with Gasteiger partial charge in [-0.1, -0.05) is 21.9 Å². The molecule has 0 N–H and O–H groups in total. The van der Waals surface area contributed by atoms with Crippen LogP contribution in [0.4, 0.5) is 7.35 Å². The van der Waals surface area contributed by atoms with Crippen LogP contribution in [-0.4, -0.2) is 20.9 Å². The van der Waals surface area contributed by atoms with Gasteiger partial charge in [0.1, 0.15) is 5.82 Å². The largest absolute Gasteiger partial charge is 0.655 e. The van der Waals surface area contributed by atoms with Gasteiger partial charge in [0.15, 0.2) is 0 Å². The fraction of sp³-hybridized carbons (Fsp3) is 0. The molecule has 0 bridgehead atoms. The molecule has 0 aliphatic heterocycles. The van der Waals surface area contributed by atoms with Crippen molar-refractivity contribution in [1.29, 1.82) is 0 Å². The summed E-state index contributed by atoms with van der Waals surface area (Å²) in [6.45, 7) is 0. The van der Waals surface area contributed by atoms with Gasteiger partial charge < -0.3 is 2.96 Å². The maximum absolute atomic E-state index is 12.4. The van der Waals surface area contributed by atoms with Crippen molar-refractivity contribution in [2.75, 3.05) is 0 Å². The minimum Gasteiger partial charge on any atom is -0.475 e. The van der Waals surface area contributed by atoms with E-state index >= 15 is 0 Å². The highest BCUT2D eigenvalue weighted by Crippen LogP contribution is 1.90. The van der Waals surface area contributed by atoms with Gasteiger partial charge in [0.2, 0.25) is 0 Å². The molecule has 1 aromatic rings. The fourth-order valence-corrected chi connectivity index (χ4v) is 1.08. The van der Waals surface area contributed by atoms with Crippen molar-refractivity contribution in [3.63, 3.8) is 0 Å². The van der Waals surface area contributed by atoms with Crippen molar-refractivity contribution in [2.24, 2.45) is 0 Å². The van der Waals surface area contributed by atoms with Crippen LogP contribution in [0.25, 0.3) is 0 Å². The molecular weight excluding hydrogens is 134 g/mol. The summed E-state index contributed by atoms with van der Waals surface area (Å²) in [7, 11) is 0. The molecule has 1 aromatic carbocycles. The number of hydrogen-bond donors (Lipinski definition) is 0. The van der Waals surface area contributed by atoms with Crippen LogP contribution in [-0.2, 0) is 0 Å². The Bertz CT molecular complexity index is 200. The van der Waals surface area contributed by atoms with Gasteiger partial charge in [-0.25, -0.2) is 4.39 Å². The van der Waals surface area contributed by atoms with Crippen LogP contribution in [0, 0.1) is 5.82 Å². The Balaban J connectivity index is 3.01. The van der Waals surface area contributed by atoms with Gasteiger partial charge in [-0.15, -0.1) is 0 Å². The molecule has 9 heavy (non-hydrogen) atoms. The minimum atomic E-state index is -1.81. The van der Waals surface area contributed by atoms with Crippen molar-refractivity contribution in [3.8, 4) is 0 Å². The summed E-state index contributed by atoms with van der Waals surface area (Å²) in [5, 5.41) is 0. The monoisotopic (exact) mass is 138 g/mol. The second-order valence-corrected chi connectivity index (χ2v) is 2.75. The van der Waals surface area contributed by atoms with Gasteiger partial charge in [0.25, 0.3) is 0 Å². The molecule has 0 aromatic heterocycles. The Labute approximate surface area is 62.3 Å². The van der Waals surface area contributed by atoms with Gasteiger partial charge in [0, 0.05) is 0 Å². The average Bonchev–Trinajstić information content (AvgIpc) is 1.89. The van der Waals surface area contributed by atoms with E-state index in [1.54, 1.807) is 12.1 Å². The second-order valence-electron chi connectivity index (χ2n) is 1.73. The summed E-state index contributed by atoms with van der Waals surface area (Å²) in [6.07, 6.45) is 0. The molecule has 0 saturated heterocycles. The lowest BCUT2D eigenvalue weighted by Crippen LogP contribution is -2.13. The van der Waals surface area contributed by atoms with E-state index in [0.29, 0.717) is 0 Å². The SMILES string of the molecule is [F][Mg][c]1ccccc1F. The summed E-state index contributed by atoms with van der Waals surface area (Å²) in [4.78, 5) is 0. The van der Waals surface area contributed by atoms with Crippen LogP contribution >= 0.6 is 0 Å². The summed E-state index contributed by atoms with van der Waals surface area (Å²) in [6, 6.07) is 5.97. The predicted octanol–water partition coefficient (Wildman–Crippen LogP) is 1.04. The smallest absolute Gasteiger partial charge is 0.475 e. The molecule has 0 fully saturated rings. The molecule has 0 aliphatic rings. The van der Waals surface area contributed by atoms with Crippen molar-refractivity contribution in [2.45, 2.75) is 0 Å². The Morgan fingerprint density at radius 1 is 1.22 bits per heavy atom. The third kappa shape index (κ3) is 1.63. The Morgan fingerprint density at radius 2 is 1.89 bits per heavy atom. The number of rotatable bonds is 1. The molecular formula is C6H4F2Mg. The molecule has 0 atom stereocenters. The van der Waals surface area contributed by atoms with Crippen molar-refractivity contribution < 1.29 is 7.35 Å². The first-order valence-electron chi connectivity index (χ1n) is 2.64. The number of benzene rings is 1. The molecule has 0 nitrogen and oxygen atoms in total. The van der Waals surface area contributed by atoms with Gasteiger partial charge in [0.05, 0.1) is 0 Å². The van der Waals surface area contributed by atoms with Gasteiger partial charge in [-0.2, -0.15) is 0 Å². The van der Waals surface area contributed by atoms with Crippen molar-refractivity contribution in [3.05, 3.63) is 30.1 Å². The van der Waals surface area contributed by atoms with Crippen molar-refractivity contribution in [1.82, 2.24) is 0 Å². The van der Waals surface area contributed by atoms with E-state index in [9.17, 15) is 7.35 Å². The molecule has 3 heteroatoms. The topological polar surface area (TPSA) is 0 Å². The van der Waals surface area contributed by atoms with E-state index in [1.165, 1.54) is 12.1 Å². The first-order chi connectivity index (χ1) is 4.34. The standard InChI is InChI=1S/C6H4F.FH.Mg/c7-6-4-2-1-3-5-6;;/h1-4H;1H;/q;;+1/p-1. The maximum atomic E-state index is 12.4. The maximum Gasteiger partial charge on any atom is 0.655 e. The first-order valence-corrected chi connectivity index (χ1v) is 3.88. The summed E-state index contributed by atoms with van der Waals surface area (Å²) in [5.41, 5.74) is 0. The molecule has 1 rings (SSSR count). The van der Waals surface area contributed by atoms with Crippen LogP contribution in [0.3, 0.4) is 0 Å². The lowest BCUT2D eigenvalue weighted by molar-refractivity contribution is 0.634. The second kappa shape index (κ2) is 3.13. The first kappa shape index (κ1) is 6.96. The molecule has 0 radical (unpaired) electrons. The van der Waals surface area contributed by atoms with Crippen LogP contribution in [0.1, 0.15) is 0 Å². The number of hydrogen-bond acceptors (Lipinski definition) is 0. The molecule has 0 aliphatic carbocycles. The third-order valence-electron chi connectivity index (χ3n) is 1.10. The van der Waals surface area contributed by atoms with Crippen molar-refractivity contribution >= 4 is 24.6 Å². The van der Waals surface area contributed by atoms with E-state index in [4.69, 9.17) is 0 Å². The lowest BCUT2D eigenvalue weighted by Gasteiger charge is -1.92. The zero-order valence-corrected chi connectivity index (χ0v) is 6.19. The molecule has 0 amide bonds. The van der Waals surface area contributed by atoms with Gasteiger partial charge in [-0.05, 0) is 6.07 Å². The van der Waals surface area contributed by atoms with E-state index in [2.05, 4.69) is 0 Å². The Kier molecular flexibility index (Phi) is 2.42. The number of halogens is 2. The van der Waals surface area contributed by atoms with E-state index in [1.807, 2.05) is 0 Å². The minimum absolute atomic E-state index is 0.262. The highest BCUT2D eigenvalue weighted by molar-refractivity contribution is 6.46. The highest BCUT2D eigenvalue weighted by atomic mass is 24.6. The molecule has 44 valence electrons. The van der Waals surface area contributed by atoms with Gasteiger partial charge >= 0.3 is 20.9 Å². The summed E-state index contributed by atoms with van der Waals surface area (Å²) >= 11 is -1.81. The lowest BCUT2D eigenvalue weighted by atomic mass is 10.3. The Hall–Kier alpha value is -0.154. The van der Waals surface area contributed by atoms with Crippen LogP contribution in [0.5, 0.6) is 0 Å². The zero-order chi connectivity index (χ0) is 6.69. The summed E-state index contributed by atoms with van der Waals surface area (Å²) in [5.74, 6) is -0.410. The molecule has 0 heterocycles. The normalized spacial score (nSPS) is 8.67. The fourth-order valence-electron chi connectivity index (χ4n) is 0.607. The van der Waals surface area contributed by atoms with E-state index < -0.39 is 26.7 Å². The van der Waals surface area contributed by atoms with Gasteiger partial charge in [-0.3, -0.25) is 0 Å². The van der Waals surface area contributed by atoms with Crippen LogP contribution < -0.4 is 3.69 Å². The van der Waals surface area contributed by atoms with Crippen LogP contribution in [0.2, 0.25) is 0 Å². The molecule has 0 saturated carbocycles. The van der Waals surface area contributed by atoms with Crippen LogP contribution in [0.15, 0.2) is 24.3 Å². The average molecular weight is 138 g/mol. The highest BCUT2D eigenvalue weighted by Gasteiger charge is 2.02. The third-order valence-corrected chi connectivity index (χ3v) is 1.96. The molecule has 0 spiro atoms. The van der Waals surface area contributed by atoms with E-state index in [-0.39, 0.29) is 3.69 Å².